The van der Waals surface area contributed by atoms with Gasteiger partial charge in [-0.2, -0.15) is 0 Å². The van der Waals surface area contributed by atoms with Crippen molar-refractivity contribution in [2.45, 2.75) is 32.1 Å². The maximum absolute atomic E-state index is 12.4. The molecule has 1 N–H and O–H groups in total. The first-order valence-corrected chi connectivity index (χ1v) is 10.5. The number of amides is 1. The molecule has 3 rings (SSSR count). The van der Waals surface area contributed by atoms with E-state index in [-0.39, 0.29) is 11.8 Å². The molecule has 1 saturated heterocycles. The van der Waals surface area contributed by atoms with E-state index in [0.717, 1.165) is 30.6 Å². The molecule has 1 fully saturated rings. The van der Waals surface area contributed by atoms with Crippen LogP contribution in [0.3, 0.4) is 0 Å². The molecule has 1 aliphatic rings. The molecule has 1 atom stereocenters. The van der Waals surface area contributed by atoms with Crippen molar-refractivity contribution in [1.82, 2.24) is 19.0 Å². The molecule has 7 nitrogen and oxygen atoms in total. The molecule has 0 aliphatic carbocycles. The van der Waals surface area contributed by atoms with E-state index in [9.17, 15) is 13.2 Å². The highest BCUT2D eigenvalue weighted by Crippen LogP contribution is 2.29. The molecule has 136 valence electrons. The van der Waals surface area contributed by atoms with Crippen LogP contribution < -0.4 is 5.32 Å². The lowest BCUT2D eigenvalue weighted by molar-refractivity contribution is 0.0950. The average Bonchev–Trinajstić information content (AvgIpc) is 2.99. The molecule has 8 heteroatoms. The summed E-state index contributed by atoms with van der Waals surface area (Å²) in [6.07, 6.45) is 5.62. The number of nitrogens with one attached hydrogen (secondary N) is 1. The first-order valence-electron chi connectivity index (χ1n) is 8.62. The summed E-state index contributed by atoms with van der Waals surface area (Å²) in [6, 6.07) is 5.64. The summed E-state index contributed by atoms with van der Waals surface area (Å²) in [4.78, 5) is 17.1. The molecule has 1 amide bonds. The van der Waals surface area contributed by atoms with E-state index in [1.807, 2.05) is 35.7 Å². The number of piperidine rings is 1. The highest BCUT2D eigenvalue weighted by atomic mass is 32.2. The Labute approximate surface area is 148 Å². The first-order chi connectivity index (χ1) is 11.9. The lowest BCUT2D eigenvalue weighted by Crippen LogP contribution is -2.38. The number of rotatable bonds is 5. The third kappa shape index (κ3) is 3.69. The lowest BCUT2D eigenvalue weighted by atomic mass is 9.99. The van der Waals surface area contributed by atoms with Gasteiger partial charge < -0.3 is 9.72 Å². The van der Waals surface area contributed by atoms with Crippen molar-refractivity contribution >= 4 is 21.4 Å². The van der Waals surface area contributed by atoms with Crippen molar-refractivity contribution < 1.29 is 13.2 Å². The molecule has 2 aromatic rings. The summed E-state index contributed by atoms with van der Waals surface area (Å²) in [5.41, 5.74) is 1.16. The third-order valence-corrected chi connectivity index (χ3v) is 5.81. The molecule has 25 heavy (non-hydrogen) atoms. The van der Waals surface area contributed by atoms with E-state index in [2.05, 4.69) is 10.3 Å². The zero-order valence-electron chi connectivity index (χ0n) is 14.6. The standard InChI is InChI=1S/C17H24N4O3S/c1-3-9-18-17(22)15-14-8-4-5-11-21(14)16(19-15)13-7-6-10-20(12-13)25(2,23)24/h4-5,8,11,13H,3,6-7,9-10,12H2,1-2H3,(H,18,22). The number of hydrogen-bond acceptors (Lipinski definition) is 4. The Morgan fingerprint density at radius 2 is 2.20 bits per heavy atom. The number of fused-ring (bicyclic) bond motifs is 1. The molecule has 1 unspecified atom stereocenters. The SMILES string of the molecule is CCCNC(=O)c1nc(C2CCCN(S(C)(=O)=O)C2)n2ccccc12. The predicted molar refractivity (Wildman–Crippen MR) is 96.2 cm³/mol. The van der Waals surface area contributed by atoms with Gasteiger partial charge in [0.15, 0.2) is 5.69 Å². The average molecular weight is 364 g/mol. The van der Waals surface area contributed by atoms with E-state index in [0.29, 0.717) is 25.3 Å². The number of nitrogens with zero attached hydrogens (tertiary/aromatic N) is 3. The van der Waals surface area contributed by atoms with Crippen LogP contribution in [0.25, 0.3) is 5.52 Å². The monoisotopic (exact) mass is 364 g/mol. The fourth-order valence-corrected chi connectivity index (χ4v) is 4.20. The van der Waals surface area contributed by atoms with Gasteiger partial charge in [0, 0.05) is 31.7 Å². The topological polar surface area (TPSA) is 83.8 Å². The third-order valence-electron chi connectivity index (χ3n) is 4.54. The van der Waals surface area contributed by atoms with Crippen LogP contribution in [-0.4, -0.2) is 53.9 Å². The second kappa shape index (κ2) is 7.13. The molecule has 0 radical (unpaired) electrons. The van der Waals surface area contributed by atoms with Crippen molar-refractivity contribution in [3.63, 3.8) is 0 Å². The van der Waals surface area contributed by atoms with E-state index < -0.39 is 10.0 Å². The molecular formula is C17H24N4O3S. The summed E-state index contributed by atoms with van der Waals surface area (Å²) in [7, 11) is -3.22. The van der Waals surface area contributed by atoms with Gasteiger partial charge in [-0.3, -0.25) is 4.79 Å². The molecule has 0 aromatic carbocycles. The van der Waals surface area contributed by atoms with Gasteiger partial charge in [-0.25, -0.2) is 17.7 Å². The Hall–Kier alpha value is -1.93. The van der Waals surface area contributed by atoms with Crippen molar-refractivity contribution in [1.29, 1.82) is 0 Å². The van der Waals surface area contributed by atoms with Crippen LogP contribution in [0, 0.1) is 0 Å². The van der Waals surface area contributed by atoms with Crippen LogP contribution in [-0.2, 0) is 10.0 Å². The van der Waals surface area contributed by atoms with Crippen LogP contribution in [0.2, 0.25) is 0 Å². The van der Waals surface area contributed by atoms with Gasteiger partial charge in [0.05, 0.1) is 11.8 Å². The number of aromatic nitrogens is 2. The number of sulfonamides is 1. The molecule has 1 aliphatic heterocycles. The molecule has 0 spiro atoms. The summed E-state index contributed by atoms with van der Waals surface area (Å²) in [6.45, 7) is 3.55. The Morgan fingerprint density at radius 1 is 1.40 bits per heavy atom. The van der Waals surface area contributed by atoms with E-state index in [4.69, 9.17) is 0 Å². The Kier molecular flexibility index (Phi) is 5.10. The maximum Gasteiger partial charge on any atom is 0.272 e. The number of pyridine rings is 1. The van der Waals surface area contributed by atoms with E-state index in [1.54, 1.807) is 0 Å². The number of imidazole rings is 1. The van der Waals surface area contributed by atoms with Gasteiger partial charge in [0.1, 0.15) is 5.82 Å². The smallest absolute Gasteiger partial charge is 0.272 e. The molecular weight excluding hydrogens is 340 g/mol. The van der Waals surface area contributed by atoms with Crippen LogP contribution in [0.4, 0.5) is 0 Å². The van der Waals surface area contributed by atoms with E-state index in [1.165, 1.54) is 10.6 Å². The quantitative estimate of drug-likeness (QED) is 0.874. The summed E-state index contributed by atoms with van der Waals surface area (Å²) < 4.78 is 27.2. The molecule has 0 saturated carbocycles. The summed E-state index contributed by atoms with van der Waals surface area (Å²) in [5.74, 6) is 0.546. The van der Waals surface area contributed by atoms with Gasteiger partial charge in [-0.1, -0.05) is 13.0 Å². The Balaban J connectivity index is 1.98. The van der Waals surface area contributed by atoms with Crippen molar-refractivity contribution in [3.8, 4) is 0 Å². The molecule has 3 heterocycles. The van der Waals surface area contributed by atoms with Gasteiger partial charge in [0.25, 0.3) is 5.91 Å². The number of hydrogen-bond donors (Lipinski definition) is 1. The minimum Gasteiger partial charge on any atom is -0.351 e. The van der Waals surface area contributed by atoms with Gasteiger partial charge in [-0.15, -0.1) is 0 Å². The minimum atomic E-state index is -3.22. The predicted octanol–water partition coefficient (Wildman–Crippen LogP) is 1.61. The Bertz CT molecular complexity index is 875. The molecule has 0 bridgehead atoms. The van der Waals surface area contributed by atoms with Crippen molar-refractivity contribution in [3.05, 3.63) is 35.9 Å². The number of carbonyl (C=O) groups excluding carboxylic acids is 1. The number of carbonyl (C=O) groups is 1. The Morgan fingerprint density at radius 3 is 2.92 bits per heavy atom. The largest absolute Gasteiger partial charge is 0.351 e. The van der Waals surface area contributed by atoms with Crippen molar-refractivity contribution in [2.24, 2.45) is 0 Å². The second-order valence-electron chi connectivity index (χ2n) is 6.49. The van der Waals surface area contributed by atoms with Gasteiger partial charge in [-0.05, 0) is 31.4 Å². The lowest BCUT2D eigenvalue weighted by Gasteiger charge is -2.30. The maximum atomic E-state index is 12.4. The fraction of sp³-hybridized carbons (Fsp3) is 0.529. The summed E-state index contributed by atoms with van der Waals surface area (Å²) >= 11 is 0. The fourth-order valence-electron chi connectivity index (χ4n) is 3.29. The zero-order chi connectivity index (χ0) is 18.0. The van der Waals surface area contributed by atoms with Gasteiger partial charge in [0.2, 0.25) is 10.0 Å². The van der Waals surface area contributed by atoms with Crippen molar-refractivity contribution in [2.75, 3.05) is 25.9 Å². The zero-order valence-corrected chi connectivity index (χ0v) is 15.4. The van der Waals surface area contributed by atoms with Crippen LogP contribution in [0.15, 0.2) is 24.4 Å². The first kappa shape index (κ1) is 17.9. The molecule has 2 aromatic heterocycles. The minimum absolute atomic E-state index is 0.0221. The van der Waals surface area contributed by atoms with Crippen LogP contribution in [0.5, 0.6) is 0 Å². The van der Waals surface area contributed by atoms with Crippen LogP contribution >= 0.6 is 0 Å². The normalized spacial score (nSPS) is 19.2. The highest BCUT2D eigenvalue weighted by molar-refractivity contribution is 7.88. The summed E-state index contributed by atoms with van der Waals surface area (Å²) in [5, 5.41) is 2.87. The van der Waals surface area contributed by atoms with E-state index >= 15 is 0 Å². The highest BCUT2D eigenvalue weighted by Gasteiger charge is 2.30. The van der Waals surface area contributed by atoms with Gasteiger partial charge >= 0.3 is 0 Å². The second-order valence-corrected chi connectivity index (χ2v) is 8.47. The van der Waals surface area contributed by atoms with Crippen LogP contribution in [0.1, 0.15) is 48.4 Å².